The van der Waals surface area contributed by atoms with Crippen LogP contribution in [0.1, 0.15) is 37.8 Å². The fraction of sp³-hybridized carbons (Fsp3) is 0.667. The van der Waals surface area contributed by atoms with Gasteiger partial charge < -0.3 is 10.3 Å². The first-order chi connectivity index (χ1) is 8.53. The van der Waals surface area contributed by atoms with Gasteiger partial charge >= 0.3 is 0 Å². The second-order valence-electron chi connectivity index (χ2n) is 4.94. The third kappa shape index (κ3) is 2.93. The predicted molar refractivity (Wildman–Crippen MR) is 70.5 cm³/mol. The van der Waals surface area contributed by atoms with Gasteiger partial charge in [-0.1, -0.05) is 19.3 Å². The number of aromatic nitrogens is 1. The van der Waals surface area contributed by atoms with Crippen molar-refractivity contribution in [3.8, 4) is 0 Å². The summed E-state index contributed by atoms with van der Waals surface area (Å²) in [6.07, 6.45) is 6.92. The maximum Gasteiger partial charge on any atom is 0.242 e. The highest BCUT2D eigenvalue weighted by Gasteiger charge is 2.23. The second kappa shape index (κ2) is 5.42. The minimum Gasteiger partial charge on any atom is -0.352 e. The van der Waals surface area contributed by atoms with E-state index in [0.717, 1.165) is 31.4 Å². The molecule has 0 atom stereocenters. The van der Waals surface area contributed by atoms with Crippen LogP contribution in [0.25, 0.3) is 0 Å². The van der Waals surface area contributed by atoms with E-state index < -0.39 is 10.0 Å². The molecule has 0 radical (unpaired) electrons. The summed E-state index contributed by atoms with van der Waals surface area (Å²) >= 11 is 0. The van der Waals surface area contributed by atoms with Gasteiger partial charge in [0.05, 0.1) is 4.90 Å². The van der Waals surface area contributed by atoms with Gasteiger partial charge in [-0.3, -0.25) is 0 Å². The zero-order chi connectivity index (χ0) is 13.2. The molecule has 1 saturated carbocycles. The van der Waals surface area contributed by atoms with Crippen molar-refractivity contribution in [1.82, 2.24) is 9.29 Å². The number of nitrogens with two attached hydrogens (primary N) is 1. The fourth-order valence-corrected chi connectivity index (χ4v) is 3.83. The standard InChI is InChI=1S/C12H21N3O2S/c1-15-9-12(7-11(15)8-13)18(16,17)14-10-5-3-2-4-6-10/h7,9-10,14H,2-6,8,13H2,1H3. The van der Waals surface area contributed by atoms with Gasteiger partial charge in [-0.05, 0) is 18.9 Å². The molecule has 1 heterocycles. The van der Waals surface area contributed by atoms with Crippen molar-refractivity contribution in [1.29, 1.82) is 0 Å². The molecule has 18 heavy (non-hydrogen) atoms. The molecule has 5 nitrogen and oxygen atoms in total. The van der Waals surface area contributed by atoms with E-state index in [0.29, 0.717) is 11.4 Å². The zero-order valence-electron chi connectivity index (χ0n) is 10.7. The van der Waals surface area contributed by atoms with Gasteiger partial charge in [-0.2, -0.15) is 0 Å². The number of aryl methyl sites for hydroxylation is 1. The summed E-state index contributed by atoms with van der Waals surface area (Å²) in [6.45, 7) is 0.343. The summed E-state index contributed by atoms with van der Waals surface area (Å²) < 4.78 is 29.0. The summed E-state index contributed by atoms with van der Waals surface area (Å²) in [5, 5.41) is 0. The zero-order valence-corrected chi connectivity index (χ0v) is 11.5. The highest BCUT2D eigenvalue weighted by molar-refractivity contribution is 7.89. The predicted octanol–water partition coefficient (Wildman–Crippen LogP) is 1.09. The third-order valence-corrected chi connectivity index (χ3v) is 5.02. The van der Waals surface area contributed by atoms with Gasteiger partial charge in [0, 0.05) is 31.5 Å². The van der Waals surface area contributed by atoms with Crippen LogP contribution in [0.15, 0.2) is 17.2 Å². The van der Waals surface area contributed by atoms with E-state index in [9.17, 15) is 8.42 Å². The Morgan fingerprint density at radius 1 is 1.39 bits per heavy atom. The Balaban J connectivity index is 2.13. The molecule has 0 bridgehead atoms. The Morgan fingerprint density at radius 3 is 2.61 bits per heavy atom. The average Bonchev–Trinajstić information content (AvgIpc) is 2.72. The lowest BCUT2D eigenvalue weighted by molar-refractivity contribution is 0.412. The molecule has 1 aliphatic rings. The normalized spacial score (nSPS) is 18.1. The van der Waals surface area contributed by atoms with Crippen molar-refractivity contribution in [2.24, 2.45) is 12.8 Å². The van der Waals surface area contributed by atoms with E-state index in [1.165, 1.54) is 6.42 Å². The fourth-order valence-electron chi connectivity index (χ4n) is 2.43. The number of rotatable bonds is 4. The number of hydrogen-bond donors (Lipinski definition) is 2. The molecule has 3 N–H and O–H groups in total. The van der Waals surface area contributed by atoms with Crippen LogP contribution >= 0.6 is 0 Å². The van der Waals surface area contributed by atoms with Crippen LogP contribution < -0.4 is 10.5 Å². The van der Waals surface area contributed by atoms with Crippen LogP contribution in [0.3, 0.4) is 0 Å². The molecule has 2 rings (SSSR count). The van der Waals surface area contributed by atoms with Crippen LogP contribution in [0.5, 0.6) is 0 Å². The third-order valence-electron chi connectivity index (χ3n) is 3.53. The summed E-state index contributed by atoms with van der Waals surface area (Å²) in [5.41, 5.74) is 6.37. The van der Waals surface area contributed by atoms with E-state index in [-0.39, 0.29) is 6.04 Å². The maximum atomic E-state index is 12.2. The molecule has 0 saturated heterocycles. The molecule has 0 amide bonds. The summed E-state index contributed by atoms with van der Waals surface area (Å²) in [5.74, 6) is 0. The van der Waals surface area contributed by atoms with E-state index in [4.69, 9.17) is 5.73 Å². The largest absolute Gasteiger partial charge is 0.352 e. The molecule has 0 aliphatic heterocycles. The minimum atomic E-state index is -3.40. The number of nitrogens with one attached hydrogen (secondary N) is 1. The second-order valence-corrected chi connectivity index (χ2v) is 6.65. The Morgan fingerprint density at radius 2 is 2.06 bits per heavy atom. The van der Waals surface area contributed by atoms with E-state index in [1.807, 2.05) is 7.05 Å². The van der Waals surface area contributed by atoms with Crippen LogP contribution in [-0.2, 0) is 23.6 Å². The molecule has 102 valence electrons. The molecular formula is C12H21N3O2S. The lowest BCUT2D eigenvalue weighted by Gasteiger charge is -2.22. The van der Waals surface area contributed by atoms with Gasteiger partial charge in [0.25, 0.3) is 0 Å². The summed E-state index contributed by atoms with van der Waals surface area (Å²) in [4.78, 5) is 0.316. The maximum absolute atomic E-state index is 12.2. The van der Waals surface area contributed by atoms with Gasteiger partial charge in [0.15, 0.2) is 0 Å². The van der Waals surface area contributed by atoms with E-state index in [2.05, 4.69) is 4.72 Å². The number of nitrogens with zero attached hydrogens (tertiary/aromatic N) is 1. The molecule has 0 aromatic carbocycles. The van der Waals surface area contributed by atoms with Crippen LogP contribution in [0.2, 0.25) is 0 Å². The smallest absolute Gasteiger partial charge is 0.242 e. The molecule has 1 aliphatic carbocycles. The number of hydrogen-bond acceptors (Lipinski definition) is 3. The van der Waals surface area contributed by atoms with Crippen molar-refractivity contribution in [2.45, 2.75) is 49.6 Å². The lowest BCUT2D eigenvalue weighted by atomic mass is 9.96. The molecule has 0 spiro atoms. The average molecular weight is 271 g/mol. The lowest BCUT2D eigenvalue weighted by Crippen LogP contribution is -2.36. The number of sulfonamides is 1. The quantitative estimate of drug-likeness (QED) is 0.860. The van der Waals surface area contributed by atoms with Crippen molar-refractivity contribution in [2.75, 3.05) is 0 Å². The first kappa shape index (κ1) is 13.6. The topological polar surface area (TPSA) is 77.1 Å². The van der Waals surface area contributed by atoms with Crippen LogP contribution in [0.4, 0.5) is 0 Å². The molecule has 0 unspecified atom stereocenters. The van der Waals surface area contributed by atoms with Crippen molar-refractivity contribution >= 4 is 10.0 Å². The van der Waals surface area contributed by atoms with Crippen molar-refractivity contribution in [3.63, 3.8) is 0 Å². The molecule has 1 fully saturated rings. The Hall–Kier alpha value is -0.850. The SMILES string of the molecule is Cn1cc(S(=O)(=O)NC2CCCCC2)cc1CN. The monoisotopic (exact) mass is 271 g/mol. The Bertz CT molecular complexity index is 501. The summed E-state index contributed by atoms with van der Waals surface area (Å²) in [7, 11) is -1.59. The highest BCUT2D eigenvalue weighted by Crippen LogP contribution is 2.20. The first-order valence-electron chi connectivity index (χ1n) is 6.40. The molecule has 6 heteroatoms. The minimum absolute atomic E-state index is 0.0882. The van der Waals surface area contributed by atoms with Crippen LogP contribution in [-0.4, -0.2) is 19.0 Å². The molecular weight excluding hydrogens is 250 g/mol. The van der Waals surface area contributed by atoms with Crippen molar-refractivity contribution < 1.29 is 8.42 Å². The van der Waals surface area contributed by atoms with Gasteiger partial charge in [0.2, 0.25) is 10.0 Å². The first-order valence-corrected chi connectivity index (χ1v) is 7.89. The highest BCUT2D eigenvalue weighted by atomic mass is 32.2. The van der Waals surface area contributed by atoms with E-state index in [1.54, 1.807) is 16.8 Å². The van der Waals surface area contributed by atoms with Gasteiger partial charge in [0.1, 0.15) is 0 Å². The van der Waals surface area contributed by atoms with Gasteiger partial charge in [-0.25, -0.2) is 13.1 Å². The Kier molecular flexibility index (Phi) is 4.09. The summed E-state index contributed by atoms with van der Waals surface area (Å²) in [6, 6.07) is 1.73. The van der Waals surface area contributed by atoms with Gasteiger partial charge in [-0.15, -0.1) is 0 Å². The Labute approximate surface area is 108 Å². The molecule has 1 aromatic rings. The molecule has 1 aromatic heterocycles. The van der Waals surface area contributed by atoms with Crippen LogP contribution in [0, 0.1) is 0 Å². The van der Waals surface area contributed by atoms with Crippen molar-refractivity contribution in [3.05, 3.63) is 18.0 Å². The van der Waals surface area contributed by atoms with E-state index >= 15 is 0 Å².